The third kappa shape index (κ3) is 21.9. The van der Waals surface area contributed by atoms with Crippen LogP contribution < -0.4 is 0 Å². The molecule has 0 amide bonds. The molecule has 0 saturated heterocycles. The third-order valence-corrected chi connectivity index (χ3v) is 4.95. The van der Waals surface area contributed by atoms with Crippen molar-refractivity contribution in [1.29, 1.82) is 0 Å². The largest absolute Gasteiger partial charge is 0.453 e. The Kier molecular flexibility index (Phi) is 20.4. The molecule has 0 rings (SSSR count). The minimum atomic E-state index is -4.24. The van der Waals surface area contributed by atoms with Crippen LogP contribution in [0.1, 0.15) is 117 Å². The Morgan fingerprint density at radius 2 is 0.778 bits per heavy atom. The smallest absolute Gasteiger partial charge is 0.218 e. The molecule has 0 radical (unpaired) electrons. The van der Waals surface area contributed by atoms with Gasteiger partial charge in [0.15, 0.2) is 0 Å². The van der Waals surface area contributed by atoms with E-state index in [9.17, 15) is 8.42 Å². The van der Waals surface area contributed by atoms with E-state index in [4.69, 9.17) is 9.78 Å². The molecule has 7 heteroatoms. The Bertz CT molecular complexity index is 356. The van der Waals surface area contributed by atoms with E-state index in [2.05, 4.69) is 22.5 Å². The molecule has 0 aliphatic carbocycles. The Morgan fingerprint density at radius 1 is 0.481 bits per heavy atom. The van der Waals surface area contributed by atoms with E-state index in [1.807, 2.05) is 0 Å². The molecule has 0 spiro atoms. The van der Waals surface area contributed by atoms with Crippen molar-refractivity contribution >= 4 is 10.4 Å². The topological polar surface area (TPSA) is 71.1 Å². The molecule has 6 nitrogen and oxygen atoms in total. The van der Waals surface area contributed by atoms with E-state index in [-0.39, 0.29) is 13.2 Å². The van der Waals surface area contributed by atoms with E-state index in [0.717, 1.165) is 38.5 Å². The lowest BCUT2D eigenvalue weighted by Crippen LogP contribution is -2.12. The molecule has 0 heterocycles. The summed E-state index contributed by atoms with van der Waals surface area (Å²) in [6.45, 7) is 4.87. The zero-order chi connectivity index (χ0) is 20.1. The van der Waals surface area contributed by atoms with Crippen molar-refractivity contribution in [3.05, 3.63) is 0 Å². The quantitative estimate of drug-likeness (QED) is 0.117. The lowest BCUT2D eigenvalue weighted by atomic mass is 10.1. The van der Waals surface area contributed by atoms with Crippen LogP contribution >= 0.6 is 0 Å². The van der Waals surface area contributed by atoms with Crippen molar-refractivity contribution in [2.24, 2.45) is 0 Å². The van der Waals surface area contributed by atoms with Gasteiger partial charge in [0.05, 0.1) is 13.2 Å². The van der Waals surface area contributed by atoms with Crippen LogP contribution in [0.15, 0.2) is 0 Å². The maximum absolute atomic E-state index is 11.4. The molecule has 0 aromatic carbocycles. The minimum Gasteiger partial charge on any atom is -0.218 e. The fraction of sp³-hybridized carbons (Fsp3) is 1.00. The summed E-state index contributed by atoms with van der Waals surface area (Å²) in [5.41, 5.74) is 0. The fourth-order valence-electron chi connectivity index (χ4n) is 2.79. The van der Waals surface area contributed by atoms with Gasteiger partial charge in [-0.3, -0.25) is 0 Å². The van der Waals surface area contributed by atoms with Gasteiger partial charge in [0.2, 0.25) is 0 Å². The van der Waals surface area contributed by atoms with E-state index >= 15 is 0 Å². The highest BCUT2D eigenvalue weighted by Gasteiger charge is 2.14. The van der Waals surface area contributed by atoms with E-state index < -0.39 is 10.4 Å². The van der Waals surface area contributed by atoms with Gasteiger partial charge in [-0.25, -0.2) is 9.78 Å². The zero-order valence-corrected chi connectivity index (χ0v) is 18.4. The molecular weight excluding hydrogens is 368 g/mol. The first kappa shape index (κ1) is 26.8. The van der Waals surface area contributed by atoms with E-state index in [0.29, 0.717) is 0 Å². The van der Waals surface area contributed by atoms with Crippen molar-refractivity contribution in [2.75, 3.05) is 13.2 Å². The summed E-state index contributed by atoms with van der Waals surface area (Å²) in [6.07, 6.45) is 18.5. The van der Waals surface area contributed by atoms with Crippen LogP contribution in [0, 0.1) is 0 Å². The monoisotopic (exact) mass is 410 g/mol. The molecule has 0 N–H and O–H groups in total. The van der Waals surface area contributed by atoms with Crippen molar-refractivity contribution < 1.29 is 26.9 Å². The van der Waals surface area contributed by atoms with Gasteiger partial charge in [0.25, 0.3) is 0 Å². The Morgan fingerprint density at radius 3 is 1.11 bits per heavy atom. The van der Waals surface area contributed by atoms with Crippen molar-refractivity contribution in [3.8, 4) is 0 Å². The van der Waals surface area contributed by atoms with Gasteiger partial charge >= 0.3 is 10.4 Å². The predicted molar refractivity (Wildman–Crippen MR) is 108 cm³/mol. The minimum absolute atomic E-state index is 0.232. The predicted octanol–water partition coefficient (Wildman–Crippen LogP) is 6.41. The van der Waals surface area contributed by atoms with Crippen LogP contribution in [0.5, 0.6) is 0 Å². The second kappa shape index (κ2) is 20.5. The second-order valence-corrected chi connectivity index (χ2v) is 8.23. The van der Waals surface area contributed by atoms with E-state index in [1.165, 1.54) is 64.2 Å². The van der Waals surface area contributed by atoms with Crippen LogP contribution in [0.25, 0.3) is 0 Å². The average molecular weight is 411 g/mol. The maximum Gasteiger partial charge on any atom is 0.453 e. The van der Waals surface area contributed by atoms with Crippen LogP contribution in [-0.2, 0) is 28.8 Å². The summed E-state index contributed by atoms with van der Waals surface area (Å²) in [7, 11) is -4.24. The molecule has 0 atom stereocenters. The number of rotatable bonds is 22. The third-order valence-electron chi connectivity index (χ3n) is 4.43. The molecule has 164 valence electrons. The van der Waals surface area contributed by atoms with Gasteiger partial charge in [-0.2, -0.15) is 8.42 Å². The molecule has 0 aliphatic rings. The Hall–Kier alpha value is -0.210. The highest BCUT2D eigenvalue weighted by Crippen LogP contribution is 2.10. The summed E-state index contributed by atoms with van der Waals surface area (Å²) in [6, 6.07) is 0. The summed E-state index contributed by atoms with van der Waals surface area (Å²) in [5, 5.41) is 0. The first-order valence-corrected chi connectivity index (χ1v) is 12.3. The SMILES string of the molecule is CCCCCCCCCCOOS(=O)(=O)OOCCCCCCCCCC. The van der Waals surface area contributed by atoms with E-state index in [1.54, 1.807) is 0 Å². The highest BCUT2D eigenvalue weighted by atomic mass is 32.3. The van der Waals surface area contributed by atoms with Gasteiger partial charge in [0.1, 0.15) is 0 Å². The Balaban J connectivity index is 3.34. The second-order valence-electron chi connectivity index (χ2n) is 7.14. The molecule has 0 fully saturated rings. The zero-order valence-electron chi connectivity index (χ0n) is 17.6. The summed E-state index contributed by atoms with van der Waals surface area (Å²) in [5.74, 6) is 0. The first-order valence-electron chi connectivity index (χ1n) is 11.0. The summed E-state index contributed by atoms with van der Waals surface area (Å²) >= 11 is 0. The lowest BCUT2D eigenvalue weighted by molar-refractivity contribution is -0.259. The maximum atomic E-state index is 11.4. The molecule has 0 unspecified atom stereocenters. The molecule has 0 aliphatic heterocycles. The highest BCUT2D eigenvalue weighted by molar-refractivity contribution is 7.81. The summed E-state index contributed by atoms with van der Waals surface area (Å²) in [4.78, 5) is 9.39. The van der Waals surface area contributed by atoms with Crippen LogP contribution in [0.4, 0.5) is 0 Å². The molecule has 27 heavy (non-hydrogen) atoms. The lowest BCUT2D eigenvalue weighted by Gasteiger charge is -2.05. The van der Waals surface area contributed by atoms with Crippen molar-refractivity contribution in [1.82, 2.24) is 0 Å². The normalized spacial score (nSPS) is 11.9. The number of hydrogen-bond acceptors (Lipinski definition) is 6. The number of hydrogen-bond donors (Lipinski definition) is 0. The first-order chi connectivity index (χ1) is 13.1. The van der Waals surface area contributed by atoms with Gasteiger partial charge in [-0.05, 0) is 12.8 Å². The average Bonchev–Trinajstić information content (AvgIpc) is 2.64. The molecule has 0 aromatic heterocycles. The standard InChI is InChI=1S/C20H42O6S/c1-3-5-7-9-11-13-15-17-19-23-25-27(21,22)26-24-20-18-16-14-12-10-8-6-4-2/h3-20H2,1-2H3. The van der Waals surface area contributed by atoms with Crippen molar-refractivity contribution in [3.63, 3.8) is 0 Å². The van der Waals surface area contributed by atoms with Gasteiger partial charge in [-0.1, -0.05) is 112 Å². The van der Waals surface area contributed by atoms with Gasteiger partial charge in [0, 0.05) is 0 Å². The van der Waals surface area contributed by atoms with Gasteiger partial charge < -0.3 is 0 Å². The summed E-state index contributed by atoms with van der Waals surface area (Å²) < 4.78 is 31.4. The van der Waals surface area contributed by atoms with Crippen LogP contribution in [0.2, 0.25) is 0 Å². The Labute approximate surface area is 167 Å². The van der Waals surface area contributed by atoms with Crippen LogP contribution in [0.3, 0.4) is 0 Å². The molecule has 0 bridgehead atoms. The number of unbranched alkanes of at least 4 members (excludes halogenated alkanes) is 14. The molecule has 0 saturated carbocycles. The van der Waals surface area contributed by atoms with Crippen LogP contribution in [-0.4, -0.2) is 21.6 Å². The molecule has 0 aromatic rings. The molecular formula is C20H42O6S. The van der Waals surface area contributed by atoms with Crippen molar-refractivity contribution in [2.45, 2.75) is 117 Å². The van der Waals surface area contributed by atoms with Gasteiger partial charge in [-0.15, -0.1) is 0 Å². The fourth-order valence-corrected chi connectivity index (χ4v) is 3.18.